The van der Waals surface area contributed by atoms with Gasteiger partial charge in [-0.1, -0.05) is 12.1 Å². The highest BCUT2D eigenvalue weighted by atomic mass is 16.5. The Morgan fingerprint density at radius 3 is 2.44 bits per heavy atom. The minimum atomic E-state index is -0.888. The van der Waals surface area contributed by atoms with Gasteiger partial charge in [-0.15, -0.1) is 0 Å². The Bertz CT molecular complexity index is 375. The minimum Gasteiger partial charge on any atom is -0.399 e. The molecule has 0 aliphatic rings. The molecular formula is C10H13N3O3. The van der Waals surface area contributed by atoms with Gasteiger partial charge in [-0.2, -0.15) is 0 Å². The summed E-state index contributed by atoms with van der Waals surface area (Å²) in [5.41, 5.74) is 11.8. The first kappa shape index (κ1) is 12.0. The van der Waals surface area contributed by atoms with Crippen LogP contribution in [0.15, 0.2) is 24.3 Å². The molecule has 1 rings (SSSR count). The van der Waals surface area contributed by atoms with Crippen molar-refractivity contribution in [3.05, 3.63) is 29.8 Å². The van der Waals surface area contributed by atoms with Crippen LogP contribution < -0.4 is 16.8 Å². The third-order valence-electron chi connectivity index (χ3n) is 1.74. The molecule has 6 nitrogen and oxygen atoms in total. The van der Waals surface area contributed by atoms with Crippen molar-refractivity contribution in [1.82, 2.24) is 5.32 Å². The highest BCUT2D eigenvalue weighted by Gasteiger charge is 2.03. The molecule has 86 valence electrons. The van der Waals surface area contributed by atoms with Crippen LogP contribution in [0.5, 0.6) is 0 Å². The number of nitrogens with one attached hydrogen (secondary N) is 1. The molecule has 0 heterocycles. The largest absolute Gasteiger partial charge is 0.399 e. The number of anilines is 1. The number of hydrogen-bond donors (Lipinski definition) is 3. The summed E-state index contributed by atoms with van der Waals surface area (Å²) in [5.74, 6) is -0.567. The summed E-state index contributed by atoms with van der Waals surface area (Å²) in [4.78, 5) is 21.2. The monoisotopic (exact) mass is 223 g/mol. The Hall–Kier alpha value is -2.08. The summed E-state index contributed by atoms with van der Waals surface area (Å²) in [6.07, 6.45) is 0. The molecule has 1 aromatic carbocycles. The SMILES string of the molecule is NC(=O)NC(=O)COCc1ccc(N)cc1. The normalized spacial score (nSPS) is 9.75. The predicted octanol–water partition coefficient (Wildman–Crippen LogP) is -0.0197. The van der Waals surface area contributed by atoms with Crippen LogP contribution >= 0.6 is 0 Å². The number of carbonyl (C=O) groups is 2. The molecule has 0 bridgehead atoms. The number of benzene rings is 1. The van der Waals surface area contributed by atoms with Crippen LogP contribution in [-0.4, -0.2) is 18.5 Å². The van der Waals surface area contributed by atoms with E-state index in [4.69, 9.17) is 16.2 Å². The van der Waals surface area contributed by atoms with Gasteiger partial charge in [-0.05, 0) is 17.7 Å². The van der Waals surface area contributed by atoms with E-state index >= 15 is 0 Å². The molecule has 0 unspecified atom stereocenters. The van der Waals surface area contributed by atoms with Crippen molar-refractivity contribution in [1.29, 1.82) is 0 Å². The van der Waals surface area contributed by atoms with Crippen LogP contribution in [0.3, 0.4) is 0 Å². The summed E-state index contributed by atoms with van der Waals surface area (Å²) in [6, 6.07) is 6.17. The van der Waals surface area contributed by atoms with Crippen LogP contribution in [0.4, 0.5) is 10.5 Å². The van der Waals surface area contributed by atoms with E-state index in [1.54, 1.807) is 24.3 Å². The molecule has 0 spiro atoms. The van der Waals surface area contributed by atoms with Gasteiger partial charge in [0.2, 0.25) is 0 Å². The van der Waals surface area contributed by atoms with Crippen molar-refractivity contribution >= 4 is 17.6 Å². The Kier molecular flexibility index (Phi) is 4.28. The third kappa shape index (κ3) is 4.43. The molecule has 0 atom stereocenters. The molecule has 0 aliphatic heterocycles. The predicted molar refractivity (Wildman–Crippen MR) is 58.2 cm³/mol. The standard InChI is InChI=1S/C10H13N3O3/c11-8-3-1-7(2-4-8)5-16-6-9(14)13-10(12)15/h1-4H,5-6,11H2,(H3,12,13,14,15). The van der Waals surface area contributed by atoms with E-state index in [-0.39, 0.29) is 13.2 Å². The summed E-state index contributed by atoms with van der Waals surface area (Å²) >= 11 is 0. The molecule has 6 heteroatoms. The smallest absolute Gasteiger partial charge is 0.318 e. The lowest BCUT2D eigenvalue weighted by Crippen LogP contribution is -2.37. The number of hydrogen-bond acceptors (Lipinski definition) is 4. The Morgan fingerprint density at radius 2 is 1.88 bits per heavy atom. The molecule has 16 heavy (non-hydrogen) atoms. The van der Waals surface area contributed by atoms with Crippen LogP contribution in [0.1, 0.15) is 5.56 Å². The van der Waals surface area contributed by atoms with Gasteiger partial charge in [0.1, 0.15) is 6.61 Å². The van der Waals surface area contributed by atoms with Gasteiger partial charge >= 0.3 is 6.03 Å². The zero-order valence-corrected chi connectivity index (χ0v) is 8.60. The summed E-state index contributed by atoms with van der Waals surface area (Å²) in [6.45, 7) is 0.0553. The molecule has 1 aromatic rings. The first-order valence-corrected chi connectivity index (χ1v) is 4.59. The lowest BCUT2D eigenvalue weighted by molar-refractivity contribution is -0.124. The average molecular weight is 223 g/mol. The number of urea groups is 1. The first-order valence-electron chi connectivity index (χ1n) is 4.59. The fourth-order valence-electron chi connectivity index (χ4n) is 1.05. The van der Waals surface area contributed by atoms with Crippen molar-refractivity contribution in [2.75, 3.05) is 12.3 Å². The van der Waals surface area contributed by atoms with Crippen molar-refractivity contribution in [3.8, 4) is 0 Å². The number of carbonyl (C=O) groups excluding carboxylic acids is 2. The van der Waals surface area contributed by atoms with E-state index < -0.39 is 11.9 Å². The van der Waals surface area contributed by atoms with Crippen molar-refractivity contribution in [2.45, 2.75) is 6.61 Å². The zero-order valence-electron chi connectivity index (χ0n) is 8.60. The van der Waals surface area contributed by atoms with Crippen molar-refractivity contribution in [3.63, 3.8) is 0 Å². The van der Waals surface area contributed by atoms with Gasteiger partial charge in [-0.3, -0.25) is 10.1 Å². The summed E-state index contributed by atoms with van der Waals surface area (Å²) < 4.78 is 5.06. The van der Waals surface area contributed by atoms with Gasteiger partial charge < -0.3 is 16.2 Å². The van der Waals surface area contributed by atoms with E-state index in [1.165, 1.54) is 0 Å². The molecule has 0 saturated heterocycles. The number of imide groups is 1. The Morgan fingerprint density at radius 1 is 1.25 bits per heavy atom. The topological polar surface area (TPSA) is 107 Å². The zero-order chi connectivity index (χ0) is 12.0. The molecule has 0 radical (unpaired) electrons. The van der Waals surface area contributed by atoms with E-state index in [1.807, 2.05) is 5.32 Å². The van der Waals surface area contributed by atoms with Gasteiger partial charge in [0.15, 0.2) is 0 Å². The van der Waals surface area contributed by atoms with Gasteiger partial charge in [0.05, 0.1) is 6.61 Å². The fraction of sp³-hybridized carbons (Fsp3) is 0.200. The molecule has 0 aromatic heterocycles. The van der Waals surface area contributed by atoms with Crippen LogP contribution in [-0.2, 0) is 16.1 Å². The molecule has 0 fully saturated rings. The Balaban J connectivity index is 2.28. The number of rotatable bonds is 4. The number of primary amides is 1. The second kappa shape index (κ2) is 5.72. The van der Waals surface area contributed by atoms with E-state index in [0.717, 1.165) is 5.56 Å². The number of ether oxygens (including phenoxy) is 1. The lowest BCUT2D eigenvalue weighted by atomic mass is 10.2. The molecule has 0 saturated carbocycles. The number of nitrogen functional groups attached to an aromatic ring is 1. The second-order valence-corrected chi connectivity index (χ2v) is 3.15. The van der Waals surface area contributed by atoms with E-state index in [0.29, 0.717) is 5.69 Å². The van der Waals surface area contributed by atoms with Gasteiger partial charge in [-0.25, -0.2) is 4.79 Å². The van der Waals surface area contributed by atoms with Crippen LogP contribution in [0.2, 0.25) is 0 Å². The first-order chi connectivity index (χ1) is 7.58. The van der Waals surface area contributed by atoms with Crippen LogP contribution in [0.25, 0.3) is 0 Å². The van der Waals surface area contributed by atoms with Crippen molar-refractivity contribution < 1.29 is 14.3 Å². The quantitative estimate of drug-likeness (QED) is 0.623. The van der Waals surface area contributed by atoms with E-state index in [2.05, 4.69) is 0 Å². The maximum Gasteiger partial charge on any atom is 0.318 e. The molecular weight excluding hydrogens is 210 g/mol. The second-order valence-electron chi connectivity index (χ2n) is 3.15. The average Bonchev–Trinajstić information content (AvgIpc) is 2.20. The summed E-state index contributed by atoms with van der Waals surface area (Å²) in [5, 5.41) is 1.89. The molecule has 3 amide bonds. The maximum absolute atomic E-state index is 10.9. The van der Waals surface area contributed by atoms with Crippen LogP contribution in [0, 0.1) is 0 Å². The fourth-order valence-corrected chi connectivity index (χ4v) is 1.05. The van der Waals surface area contributed by atoms with Gasteiger partial charge in [0, 0.05) is 5.69 Å². The van der Waals surface area contributed by atoms with E-state index in [9.17, 15) is 9.59 Å². The third-order valence-corrected chi connectivity index (χ3v) is 1.74. The lowest BCUT2D eigenvalue weighted by Gasteiger charge is -2.04. The molecule has 0 aliphatic carbocycles. The molecule has 5 N–H and O–H groups in total. The maximum atomic E-state index is 10.9. The van der Waals surface area contributed by atoms with Gasteiger partial charge in [0.25, 0.3) is 5.91 Å². The minimum absolute atomic E-state index is 0.215. The number of nitrogens with two attached hydrogens (primary N) is 2. The highest BCUT2D eigenvalue weighted by molar-refractivity contribution is 5.94. The Labute approximate surface area is 92.6 Å². The summed E-state index contributed by atoms with van der Waals surface area (Å²) in [7, 11) is 0. The van der Waals surface area contributed by atoms with Crippen molar-refractivity contribution in [2.24, 2.45) is 5.73 Å². The highest BCUT2D eigenvalue weighted by Crippen LogP contribution is 2.06. The number of amides is 3.